The first-order chi connectivity index (χ1) is 16.9. The summed E-state index contributed by atoms with van der Waals surface area (Å²) in [6.07, 6.45) is 4.59. The third-order valence-corrected chi connectivity index (χ3v) is 6.60. The number of hydrogen-bond donors (Lipinski definition) is 2. The molecule has 35 heavy (non-hydrogen) atoms. The van der Waals surface area contributed by atoms with E-state index in [0.717, 1.165) is 12.1 Å². The van der Waals surface area contributed by atoms with E-state index >= 15 is 0 Å². The van der Waals surface area contributed by atoms with E-state index in [9.17, 15) is 19.7 Å². The van der Waals surface area contributed by atoms with Gasteiger partial charge in [0.1, 0.15) is 5.69 Å². The molecule has 0 radical (unpaired) electrons. The summed E-state index contributed by atoms with van der Waals surface area (Å²) in [5.74, 6) is -0.449. The van der Waals surface area contributed by atoms with E-state index in [-0.39, 0.29) is 34.8 Å². The molecule has 0 spiro atoms. The number of hydrogen-bond acceptors (Lipinski definition) is 8. The first-order valence-corrected chi connectivity index (χ1v) is 12.2. The number of morpholine rings is 1. The lowest BCUT2D eigenvalue weighted by molar-refractivity contribution is -0.384. The Balaban J connectivity index is 1.59. The lowest BCUT2D eigenvalue weighted by Crippen LogP contribution is -2.45. The Bertz CT molecular complexity index is 1120. The predicted molar refractivity (Wildman–Crippen MR) is 134 cm³/mol. The summed E-state index contributed by atoms with van der Waals surface area (Å²) < 4.78 is 5.78. The second-order valence-electron chi connectivity index (χ2n) is 8.46. The highest BCUT2D eigenvalue weighted by Crippen LogP contribution is 2.35. The van der Waals surface area contributed by atoms with Crippen molar-refractivity contribution < 1.29 is 19.2 Å². The Morgan fingerprint density at radius 1 is 1.14 bits per heavy atom. The molecule has 186 valence electrons. The molecule has 1 atom stereocenters. The Labute approximate surface area is 211 Å². The average Bonchev–Trinajstić information content (AvgIpc) is 2.89. The molecule has 1 aromatic carbocycles. The first-order valence-electron chi connectivity index (χ1n) is 11.4. The number of halogens is 1. The Hall–Kier alpha value is -3.25. The quantitative estimate of drug-likeness (QED) is 0.417. The van der Waals surface area contributed by atoms with Gasteiger partial charge in [-0.2, -0.15) is 0 Å². The number of nitro groups is 1. The van der Waals surface area contributed by atoms with Crippen molar-refractivity contribution in [3.63, 3.8) is 0 Å². The molecule has 2 fully saturated rings. The standard InChI is InChI=1S/C23H27BrN6O5/c1-25-18-9-15(12-26-13-18)22(31)29-4-2-3-17(14-29)27-21-19(10-16(24)11-20(21)30(33)34)23(32)28-5-7-35-8-6-28/h9-13,17,25,27H,2-8,14H2,1H3/t17-/m1/s1. The van der Waals surface area contributed by atoms with Crippen LogP contribution >= 0.6 is 15.9 Å². The van der Waals surface area contributed by atoms with Crippen LogP contribution in [0.25, 0.3) is 0 Å². The fourth-order valence-corrected chi connectivity index (χ4v) is 4.80. The van der Waals surface area contributed by atoms with Gasteiger partial charge in [0.25, 0.3) is 17.5 Å². The molecule has 0 aliphatic carbocycles. The normalized spacial score (nSPS) is 18.2. The van der Waals surface area contributed by atoms with Crippen LogP contribution in [-0.2, 0) is 4.74 Å². The molecule has 1 aromatic heterocycles. The number of piperidine rings is 1. The van der Waals surface area contributed by atoms with Gasteiger partial charge in [-0.3, -0.25) is 24.7 Å². The SMILES string of the molecule is CNc1cncc(C(=O)N2CCC[C@@H](Nc3c(C(=O)N4CCOCC4)cc(Br)cc3[N+](=O)[O-])C2)c1. The van der Waals surface area contributed by atoms with E-state index in [1.165, 1.54) is 12.3 Å². The topological polar surface area (TPSA) is 130 Å². The number of anilines is 2. The molecule has 2 aliphatic rings. The van der Waals surface area contributed by atoms with Gasteiger partial charge in [0.05, 0.1) is 35.0 Å². The van der Waals surface area contributed by atoms with Gasteiger partial charge in [0.2, 0.25) is 0 Å². The van der Waals surface area contributed by atoms with Crippen molar-refractivity contribution in [1.29, 1.82) is 0 Å². The molecule has 12 heteroatoms. The number of carbonyl (C=O) groups is 2. The smallest absolute Gasteiger partial charge is 0.294 e. The molecular weight excluding hydrogens is 520 g/mol. The third kappa shape index (κ3) is 5.70. The summed E-state index contributed by atoms with van der Waals surface area (Å²) >= 11 is 3.31. The zero-order valence-electron chi connectivity index (χ0n) is 19.3. The number of nitro benzene ring substituents is 1. The molecule has 2 amide bonds. The van der Waals surface area contributed by atoms with Gasteiger partial charge in [-0.05, 0) is 25.0 Å². The van der Waals surface area contributed by atoms with Crippen LogP contribution in [0, 0.1) is 10.1 Å². The lowest BCUT2D eigenvalue weighted by atomic mass is 10.0. The molecule has 4 rings (SSSR count). The number of nitrogens with zero attached hydrogens (tertiary/aromatic N) is 4. The minimum Gasteiger partial charge on any atom is -0.387 e. The number of likely N-dealkylation sites (tertiary alicyclic amines) is 1. The van der Waals surface area contributed by atoms with Crippen LogP contribution in [-0.4, -0.2) is 84.0 Å². The molecule has 2 N–H and O–H groups in total. The minimum absolute atomic E-state index is 0.156. The van der Waals surface area contributed by atoms with Gasteiger partial charge in [-0.25, -0.2) is 0 Å². The first kappa shape index (κ1) is 24.9. The Morgan fingerprint density at radius 2 is 1.91 bits per heavy atom. The second kappa shape index (κ2) is 11.0. The lowest BCUT2D eigenvalue weighted by Gasteiger charge is -2.34. The number of benzene rings is 1. The van der Waals surface area contributed by atoms with Crippen molar-refractivity contribution in [2.75, 3.05) is 57.1 Å². The number of pyridine rings is 1. The minimum atomic E-state index is -0.496. The highest BCUT2D eigenvalue weighted by atomic mass is 79.9. The van der Waals surface area contributed by atoms with E-state index in [2.05, 4.69) is 31.5 Å². The van der Waals surface area contributed by atoms with E-state index in [1.54, 1.807) is 35.2 Å². The van der Waals surface area contributed by atoms with Gasteiger partial charge in [-0.1, -0.05) is 15.9 Å². The monoisotopic (exact) mass is 546 g/mol. The summed E-state index contributed by atoms with van der Waals surface area (Å²) in [7, 11) is 1.76. The molecule has 3 heterocycles. The summed E-state index contributed by atoms with van der Waals surface area (Å²) in [5, 5.41) is 18.1. The van der Waals surface area contributed by atoms with Gasteiger partial charge < -0.3 is 25.2 Å². The molecule has 2 saturated heterocycles. The molecule has 0 bridgehead atoms. The van der Waals surface area contributed by atoms with Gasteiger partial charge in [0.15, 0.2) is 0 Å². The van der Waals surface area contributed by atoms with Crippen molar-refractivity contribution in [3.05, 3.63) is 56.3 Å². The van der Waals surface area contributed by atoms with Crippen LogP contribution in [0.15, 0.2) is 35.1 Å². The third-order valence-electron chi connectivity index (χ3n) is 6.14. The number of carbonyl (C=O) groups excluding carboxylic acids is 2. The van der Waals surface area contributed by atoms with Crippen LogP contribution in [0.3, 0.4) is 0 Å². The number of nitrogens with one attached hydrogen (secondary N) is 2. The second-order valence-corrected chi connectivity index (χ2v) is 9.37. The van der Waals surface area contributed by atoms with Crippen molar-refractivity contribution in [1.82, 2.24) is 14.8 Å². The molecular formula is C23H27BrN6O5. The number of ether oxygens (including phenoxy) is 1. The van der Waals surface area contributed by atoms with Crippen molar-refractivity contribution in [2.24, 2.45) is 0 Å². The number of aromatic nitrogens is 1. The van der Waals surface area contributed by atoms with Crippen LogP contribution in [0.4, 0.5) is 17.1 Å². The highest BCUT2D eigenvalue weighted by Gasteiger charge is 2.31. The fourth-order valence-electron chi connectivity index (χ4n) is 4.35. The molecule has 11 nitrogen and oxygen atoms in total. The zero-order valence-corrected chi connectivity index (χ0v) is 20.9. The average molecular weight is 547 g/mol. The maximum absolute atomic E-state index is 13.3. The van der Waals surface area contributed by atoms with Crippen molar-refractivity contribution >= 4 is 44.8 Å². The van der Waals surface area contributed by atoms with Gasteiger partial charge in [0, 0.05) is 62.2 Å². The maximum Gasteiger partial charge on any atom is 0.294 e. The van der Waals surface area contributed by atoms with E-state index in [1.807, 2.05) is 0 Å². The van der Waals surface area contributed by atoms with Crippen LogP contribution < -0.4 is 10.6 Å². The van der Waals surface area contributed by atoms with Crippen molar-refractivity contribution in [3.8, 4) is 0 Å². The molecule has 2 aromatic rings. The maximum atomic E-state index is 13.3. The summed E-state index contributed by atoms with van der Waals surface area (Å²) in [4.78, 5) is 45.3. The van der Waals surface area contributed by atoms with E-state index < -0.39 is 4.92 Å². The van der Waals surface area contributed by atoms with Gasteiger partial charge in [-0.15, -0.1) is 0 Å². The van der Waals surface area contributed by atoms with Gasteiger partial charge >= 0.3 is 0 Å². The van der Waals surface area contributed by atoms with Crippen LogP contribution in [0.5, 0.6) is 0 Å². The van der Waals surface area contributed by atoms with E-state index in [4.69, 9.17) is 4.74 Å². The number of rotatable bonds is 6. The van der Waals surface area contributed by atoms with Crippen LogP contribution in [0.1, 0.15) is 33.6 Å². The Morgan fingerprint density at radius 3 is 2.63 bits per heavy atom. The molecule has 2 aliphatic heterocycles. The van der Waals surface area contributed by atoms with E-state index in [0.29, 0.717) is 55.8 Å². The molecule has 0 unspecified atom stereocenters. The fraction of sp³-hybridized carbons (Fsp3) is 0.435. The predicted octanol–water partition coefficient (Wildman–Crippen LogP) is 2.98. The van der Waals surface area contributed by atoms with Crippen molar-refractivity contribution in [2.45, 2.75) is 18.9 Å². The van der Waals surface area contributed by atoms with Crippen LogP contribution in [0.2, 0.25) is 0 Å². The zero-order chi connectivity index (χ0) is 24.9. The molecule has 0 saturated carbocycles. The highest BCUT2D eigenvalue weighted by molar-refractivity contribution is 9.10. The summed E-state index contributed by atoms with van der Waals surface area (Å²) in [5.41, 5.74) is 1.41. The Kier molecular flexibility index (Phi) is 7.81. The number of amides is 2. The summed E-state index contributed by atoms with van der Waals surface area (Å²) in [6.45, 7) is 2.61. The summed E-state index contributed by atoms with van der Waals surface area (Å²) in [6, 6.07) is 4.47. The largest absolute Gasteiger partial charge is 0.387 e.